The normalized spacial score (nSPS) is 13.9. The second-order valence-electron chi connectivity index (χ2n) is 5.41. The van der Waals surface area contributed by atoms with E-state index >= 15 is 0 Å². The first-order valence-corrected chi connectivity index (χ1v) is 7.91. The average molecular weight is 332 g/mol. The van der Waals surface area contributed by atoms with E-state index in [0.29, 0.717) is 22.0 Å². The Morgan fingerprint density at radius 3 is 2.78 bits per heavy atom. The molecule has 0 atom stereocenters. The Kier molecular flexibility index (Phi) is 4.67. The van der Waals surface area contributed by atoms with Crippen LogP contribution in [0.3, 0.4) is 0 Å². The van der Waals surface area contributed by atoms with Crippen LogP contribution in [-0.4, -0.2) is 31.1 Å². The fourth-order valence-corrected chi connectivity index (χ4v) is 2.91. The molecule has 2 aromatic rings. The summed E-state index contributed by atoms with van der Waals surface area (Å²) in [5, 5.41) is 3.32. The second-order valence-corrected chi connectivity index (χ2v) is 5.82. The van der Waals surface area contributed by atoms with E-state index in [4.69, 9.17) is 16.3 Å². The first-order chi connectivity index (χ1) is 11.2. The van der Waals surface area contributed by atoms with E-state index in [0.717, 1.165) is 31.7 Å². The number of nitrogens with one attached hydrogen (secondary N) is 1. The molecule has 1 saturated heterocycles. The Bertz CT molecular complexity index is 715. The van der Waals surface area contributed by atoms with Crippen LogP contribution in [0.5, 0.6) is 5.75 Å². The lowest BCUT2D eigenvalue weighted by molar-refractivity contribution is 0.102. The van der Waals surface area contributed by atoms with Crippen molar-refractivity contribution in [3.63, 3.8) is 0 Å². The number of rotatable bonds is 4. The number of benzene rings is 1. The van der Waals surface area contributed by atoms with Gasteiger partial charge in [-0.05, 0) is 31.0 Å². The number of methoxy groups -OCH3 is 1. The summed E-state index contributed by atoms with van der Waals surface area (Å²) in [6.45, 7) is 1.92. The fraction of sp³-hybridized carbons (Fsp3) is 0.294. The van der Waals surface area contributed by atoms with Gasteiger partial charge in [0.25, 0.3) is 5.91 Å². The van der Waals surface area contributed by atoms with Gasteiger partial charge in [-0.15, -0.1) is 0 Å². The molecule has 3 rings (SSSR count). The summed E-state index contributed by atoms with van der Waals surface area (Å²) < 4.78 is 5.14. The Morgan fingerprint density at radius 2 is 2.09 bits per heavy atom. The van der Waals surface area contributed by atoms with Gasteiger partial charge in [-0.2, -0.15) is 0 Å². The number of hydrogen-bond acceptors (Lipinski definition) is 4. The molecule has 0 saturated carbocycles. The predicted molar refractivity (Wildman–Crippen MR) is 91.6 cm³/mol. The summed E-state index contributed by atoms with van der Waals surface area (Å²) in [6.07, 6.45) is 3.86. The summed E-state index contributed by atoms with van der Waals surface area (Å²) in [5.74, 6) is 1.19. The van der Waals surface area contributed by atoms with Crippen molar-refractivity contribution in [2.45, 2.75) is 12.8 Å². The SMILES string of the molecule is COc1cccc(NC(=O)c2cnc(N3CCCC3)c(Cl)c2)c1. The maximum absolute atomic E-state index is 12.3. The lowest BCUT2D eigenvalue weighted by Crippen LogP contribution is -2.20. The van der Waals surface area contributed by atoms with Gasteiger partial charge < -0.3 is 15.0 Å². The zero-order valence-electron chi connectivity index (χ0n) is 12.9. The highest BCUT2D eigenvalue weighted by Gasteiger charge is 2.18. The molecule has 0 spiro atoms. The molecular formula is C17H18ClN3O2. The highest BCUT2D eigenvalue weighted by molar-refractivity contribution is 6.33. The maximum atomic E-state index is 12.3. The first-order valence-electron chi connectivity index (χ1n) is 7.53. The molecule has 0 unspecified atom stereocenters. The van der Waals surface area contributed by atoms with E-state index < -0.39 is 0 Å². The summed E-state index contributed by atoms with van der Waals surface area (Å²) in [6, 6.07) is 8.85. The lowest BCUT2D eigenvalue weighted by atomic mass is 10.2. The van der Waals surface area contributed by atoms with E-state index in [2.05, 4.69) is 15.2 Å². The quantitative estimate of drug-likeness (QED) is 0.930. The molecule has 2 heterocycles. The number of ether oxygens (including phenoxy) is 1. The zero-order chi connectivity index (χ0) is 16.2. The molecule has 0 bridgehead atoms. The standard InChI is InChI=1S/C17H18ClN3O2/c1-23-14-6-4-5-13(10-14)20-17(22)12-9-15(18)16(19-11-12)21-7-2-3-8-21/h4-6,9-11H,2-3,7-8H2,1H3,(H,20,22). The van der Waals surface area contributed by atoms with Gasteiger partial charge in [-0.1, -0.05) is 17.7 Å². The zero-order valence-corrected chi connectivity index (χ0v) is 13.6. The van der Waals surface area contributed by atoms with E-state index in [-0.39, 0.29) is 5.91 Å². The smallest absolute Gasteiger partial charge is 0.257 e. The number of pyridine rings is 1. The Morgan fingerprint density at radius 1 is 1.30 bits per heavy atom. The van der Waals surface area contributed by atoms with Gasteiger partial charge in [0.15, 0.2) is 0 Å². The lowest BCUT2D eigenvalue weighted by Gasteiger charge is -2.18. The fourth-order valence-electron chi connectivity index (χ4n) is 2.62. The van der Waals surface area contributed by atoms with Crippen LogP contribution in [0.25, 0.3) is 0 Å². The number of amides is 1. The van der Waals surface area contributed by atoms with Crippen LogP contribution in [0.15, 0.2) is 36.5 Å². The van der Waals surface area contributed by atoms with E-state index in [1.807, 2.05) is 12.1 Å². The minimum absolute atomic E-state index is 0.249. The largest absolute Gasteiger partial charge is 0.497 e. The van der Waals surface area contributed by atoms with E-state index in [9.17, 15) is 4.79 Å². The number of carbonyl (C=O) groups excluding carboxylic acids is 1. The Labute approximate surface area is 140 Å². The molecule has 1 amide bonds. The topological polar surface area (TPSA) is 54.5 Å². The molecule has 23 heavy (non-hydrogen) atoms. The van der Waals surface area contributed by atoms with Crippen molar-refractivity contribution in [2.75, 3.05) is 30.4 Å². The average Bonchev–Trinajstić information content (AvgIpc) is 3.09. The maximum Gasteiger partial charge on any atom is 0.257 e. The van der Waals surface area contributed by atoms with Gasteiger partial charge >= 0.3 is 0 Å². The number of halogens is 1. The van der Waals surface area contributed by atoms with E-state index in [1.54, 1.807) is 31.5 Å². The van der Waals surface area contributed by atoms with Crippen LogP contribution in [0.1, 0.15) is 23.2 Å². The van der Waals surface area contributed by atoms with Crippen molar-refractivity contribution in [1.29, 1.82) is 0 Å². The molecule has 0 radical (unpaired) electrons. The summed E-state index contributed by atoms with van der Waals surface area (Å²) in [4.78, 5) is 18.8. The molecule has 0 aliphatic carbocycles. The molecule has 1 aliphatic rings. The van der Waals surface area contributed by atoms with Gasteiger partial charge in [0, 0.05) is 31.0 Å². The number of hydrogen-bond donors (Lipinski definition) is 1. The molecule has 1 N–H and O–H groups in total. The van der Waals surface area contributed by atoms with Gasteiger partial charge in [-0.25, -0.2) is 4.98 Å². The van der Waals surface area contributed by atoms with Crippen molar-refractivity contribution in [3.8, 4) is 5.75 Å². The van der Waals surface area contributed by atoms with Crippen LogP contribution >= 0.6 is 11.6 Å². The van der Waals surface area contributed by atoms with Crippen LogP contribution in [0.2, 0.25) is 5.02 Å². The molecule has 1 aromatic carbocycles. The third kappa shape index (κ3) is 3.56. The highest BCUT2D eigenvalue weighted by Crippen LogP contribution is 2.27. The molecule has 6 heteroatoms. The number of aromatic nitrogens is 1. The highest BCUT2D eigenvalue weighted by atomic mass is 35.5. The number of carbonyl (C=O) groups is 1. The third-order valence-electron chi connectivity index (χ3n) is 3.82. The van der Waals surface area contributed by atoms with Gasteiger partial charge in [0.2, 0.25) is 0 Å². The minimum atomic E-state index is -0.249. The monoisotopic (exact) mass is 331 g/mol. The molecular weight excluding hydrogens is 314 g/mol. The predicted octanol–water partition coefficient (Wildman–Crippen LogP) is 3.60. The first kappa shape index (κ1) is 15.6. The summed E-state index contributed by atoms with van der Waals surface area (Å²) in [7, 11) is 1.59. The second kappa shape index (κ2) is 6.87. The van der Waals surface area contributed by atoms with Crippen molar-refractivity contribution in [1.82, 2.24) is 4.98 Å². The third-order valence-corrected chi connectivity index (χ3v) is 4.10. The summed E-state index contributed by atoms with van der Waals surface area (Å²) >= 11 is 6.30. The number of anilines is 2. The minimum Gasteiger partial charge on any atom is -0.497 e. The number of nitrogens with zero attached hydrogens (tertiary/aromatic N) is 2. The van der Waals surface area contributed by atoms with Gasteiger partial charge in [-0.3, -0.25) is 4.79 Å². The van der Waals surface area contributed by atoms with Crippen molar-refractivity contribution < 1.29 is 9.53 Å². The Balaban J connectivity index is 1.75. The van der Waals surface area contributed by atoms with Crippen molar-refractivity contribution in [3.05, 3.63) is 47.1 Å². The summed E-state index contributed by atoms with van der Waals surface area (Å²) in [5.41, 5.74) is 1.09. The van der Waals surface area contributed by atoms with Crippen LogP contribution in [0, 0.1) is 0 Å². The molecule has 120 valence electrons. The molecule has 1 aliphatic heterocycles. The van der Waals surface area contributed by atoms with Crippen molar-refractivity contribution in [2.24, 2.45) is 0 Å². The van der Waals surface area contributed by atoms with Crippen LogP contribution in [-0.2, 0) is 0 Å². The molecule has 1 aromatic heterocycles. The molecule has 1 fully saturated rings. The van der Waals surface area contributed by atoms with Crippen LogP contribution in [0.4, 0.5) is 11.5 Å². The molecule has 5 nitrogen and oxygen atoms in total. The van der Waals surface area contributed by atoms with Gasteiger partial charge in [0.1, 0.15) is 11.6 Å². The van der Waals surface area contributed by atoms with Gasteiger partial charge in [0.05, 0.1) is 17.7 Å². The Hall–Kier alpha value is -2.27. The van der Waals surface area contributed by atoms with Crippen molar-refractivity contribution >= 4 is 29.0 Å². The van der Waals surface area contributed by atoms with E-state index in [1.165, 1.54) is 0 Å². The van der Waals surface area contributed by atoms with Crippen LogP contribution < -0.4 is 15.0 Å².